The smallest absolute Gasteiger partial charge is 0.305 e. The van der Waals surface area contributed by atoms with Gasteiger partial charge in [0.05, 0.1) is 24.9 Å². The highest BCUT2D eigenvalue weighted by Gasteiger charge is 2.06. The van der Waals surface area contributed by atoms with Crippen LogP contribution in [0.1, 0.15) is 17.7 Å². The van der Waals surface area contributed by atoms with Crippen molar-refractivity contribution in [2.75, 3.05) is 7.05 Å². The van der Waals surface area contributed by atoms with E-state index >= 15 is 0 Å². The molecule has 0 amide bonds. The summed E-state index contributed by atoms with van der Waals surface area (Å²) in [6, 6.07) is 0. The summed E-state index contributed by atoms with van der Waals surface area (Å²) in [5.41, 5.74) is 1.95. The molecule has 0 saturated carbocycles. The zero-order valence-corrected chi connectivity index (χ0v) is 11.3. The molecule has 7 nitrogen and oxygen atoms in total. The van der Waals surface area contributed by atoms with E-state index in [1.807, 2.05) is 13.2 Å². The molecule has 0 aliphatic heterocycles. The first-order valence-corrected chi connectivity index (χ1v) is 6.30. The molecule has 0 spiro atoms. The Balaban J connectivity index is 1.85. The van der Waals surface area contributed by atoms with Gasteiger partial charge in [-0.2, -0.15) is 5.10 Å². The fourth-order valence-corrected chi connectivity index (χ4v) is 1.88. The van der Waals surface area contributed by atoms with Crippen molar-refractivity contribution in [3.05, 3.63) is 42.2 Å². The minimum atomic E-state index is -0.818. The number of aryl methyl sites for hydroxylation is 1. The molecule has 2 aromatic rings. The molecule has 2 rings (SSSR count). The van der Waals surface area contributed by atoms with E-state index in [4.69, 9.17) is 5.11 Å². The van der Waals surface area contributed by atoms with Crippen LogP contribution in [0.5, 0.6) is 0 Å². The monoisotopic (exact) mass is 275 g/mol. The van der Waals surface area contributed by atoms with E-state index in [1.54, 1.807) is 29.5 Å². The van der Waals surface area contributed by atoms with E-state index in [2.05, 4.69) is 20.0 Å². The van der Waals surface area contributed by atoms with Crippen LogP contribution in [0.4, 0.5) is 0 Å². The molecular formula is C13H17N5O2. The highest BCUT2D eigenvalue weighted by molar-refractivity contribution is 5.66. The van der Waals surface area contributed by atoms with Gasteiger partial charge in [0.2, 0.25) is 0 Å². The zero-order chi connectivity index (χ0) is 14.4. The van der Waals surface area contributed by atoms with Gasteiger partial charge in [-0.3, -0.25) is 24.3 Å². The van der Waals surface area contributed by atoms with E-state index < -0.39 is 5.97 Å². The Morgan fingerprint density at radius 2 is 2.20 bits per heavy atom. The minimum absolute atomic E-state index is 0.0799. The molecule has 0 atom stereocenters. The molecular weight excluding hydrogens is 258 g/mol. The molecule has 20 heavy (non-hydrogen) atoms. The number of carboxylic acids is 1. The van der Waals surface area contributed by atoms with Gasteiger partial charge in [-0.1, -0.05) is 0 Å². The molecule has 0 saturated heterocycles. The van der Waals surface area contributed by atoms with E-state index in [9.17, 15) is 4.79 Å². The summed E-state index contributed by atoms with van der Waals surface area (Å²) in [5.74, 6) is -0.818. The molecule has 2 aromatic heterocycles. The second-order valence-corrected chi connectivity index (χ2v) is 4.62. The molecule has 1 N–H and O–H groups in total. The highest BCUT2D eigenvalue weighted by Crippen LogP contribution is 2.05. The second kappa shape index (κ2) is 6.76. The second-order valence-electron chi connectivity index (χ2n) is 4.62. The lowest BCUT2D eigenvalue weighted by atomic mass is 10.3. The van der Waals surface area contributed by atoms with Crippen LogP contribution in [0, 0.1) is 0 Å². The van der Waals surface area contributed by atoms with Crippen molar-refractivity contribution in [2.45, 2.75) is 26.1 Å². The lowest BCUT2D eigenvalue weighted by Crippen LogP contribution is -2.17. The summed E-state index contributed by atoms with van der Waals surface area (Å²) in [6.45, 7) is 1.82. The maximum absolute atomic E-state index is 10.5. The Kier molecular flexibility index (Phi) is 4.78. The first kappa shape index (κ1) is 14.1. The Labute approximate surface area is 116 Å². The zero-order valence-electron chi connectivity index (χ0n) is 11.3. The summed E-state index contributed by atoms with van der Waals surface area (Å²) in [6.07, 6.45) is 8.78. The van der Waals surface area contributed by atoms with Crippen LogP contribution < -0.4 is 0 Å². The number of rotatable bonds is 7. The first-order valence-electron chi connectivity index (χ1n) is 6.30. The summed E-state index contributed by atoms with van der Waals surface area (Å²) in [4.78, 5) is 20.9. The largest absolute Gasteiger partial charge is 0.481 e. The average Bonchev–Trinajstić information content (AvgIpc) is 2.85. The highest BCUT2D eigenvalue weighted by atomic mass is 16.4. The van der Waals surface area contributed by atoms with Crippen molar-refractivity contribution in [1.29, 1.82) is 0 Å². The standard InChI is InChI=1S/C13H17N5O2/c1-17(10-12-7-14-3-4-15-12)8-11-6-16-18(9-11)5-2-13(19)20/h3-4,6-7,9H,2,5,8,10H2,1H3,(H,19,20). The lowest BCUT2D eigenvalue weighted by Gasteiger charge is -2.14. The van der Waals surface area contributed by atoms with Crippen molar-refractivity contribution < 1.29 is 9.90 Å². The third-order valence-electron chi connectivity index (χ3n) is 2.74. The summed E-state index contributed by atoms with van der Waals surface area (Å²) in [7, 11) is 1.99. The van der Waals surface area contributed by atoms with Gasteiger partial charge in [0.25, 0.3) is 0 Å². The fraction of sp³-hybridized carbons (Fsp3) is 0.385. The van der Waals surface area contributed by atoms with Gasteiger partial charge in [0.15, 0.2) is 0 Å². The predicted octanol–water partition coefficient (Wildman–Crippen LogP) is 0.780. The fourth-order valence-electron chi connectivity index (χ4n) is 1.88. The molecule has 106 valence electrons. The average molecular weight is 275 g/mol. The van der Waals surface area contributed by atoms with Crippen LogP contribution in [0.15, 0.2) is 31.0 Å². The topological polar surface area (TPSA) is 84.1 Å². The van der Waals surface area contributed by atoms with Crippen molar-refractivity contribution in [3.8, 4) is 0 Å². The number of hydrogen-bond acceptors (Lipinski definition) is 5. The molecule has 7 heteroatoms. The number of carboxylic acid groups (broad SMARTS) is 1. The maximum atomic E-state index is 10.5. The van der Waals surface area contributed by atoms with Gasteiger partial charge >= 0.3 is 5.97 Å². The van der Waals surface area contributed by atoms with Crippen molar-refractivity contribution in [2.24, 2.45) is 0 Å². The summed E-state index contributed by atoms with van der Waals surface area (Å²) in [5, 5.41) is 12.8. The van der Waals surface area contributed by atoms with Crippen molar-refractivity contribution in [3.63, 3.8) is 0 Å². The summed E-state index contributed by atoms with van der Waals surface area (Å²) >= 11 is 0. The van der Waals surface area contributed by atoms with E-state index in [0.29, 0.717) is 13.1 Å². The van der Waals surface area contributed by atoms with Crippen LogP contribution in [0.2, 0.25) is 0 Å². The number of nitrogens with zero attached hydrogens (tertiary/aromatic N) is 5. The minimum Gasteiger partial charge on any atom is -0.481 e. The molecule has 0 aliphatic rings. The first-order chi connectivity index (χ1) is 9.63. The molecule has 0 fully saturated rings. The SMILES string of the molecule is CN(Cc1cnn(CCC(=O)O)c1)Cc1cnccn1. The van der Waals surface area contributed by atoms with Crippen LogP contribution in [0.25, 0.3) is 0 Å². The molecule has 0 unspecified atom stereocenters. The van der Waals surface area contributed by atoms with Gasteiger partial charge in [-0.05, 0) is 7.05 Å². The van der Waals surface area contributed by atoms with E-state index in [-0.39, 0.29) is 6.42 Å². The number of carbonyl (C=O) groups is 1. The Morgan fingerprint density at radius 1 is 1.35 bits per heavy atom. The number of aliphatic carboxylic acids is 1. The molecule has 2 heterocycles. The third-order valence-corrected chi connectivity index (χ3v) is 2.74. The molecule has 0 radical (unpaired) electrons. The molecule has 0 aliphatic carbocycles. The van der Waals surface area contributed by atoms with Crippen LogP contribution in [0.3, 0.4) is 0 Å². The van der Waals surface area contributed by atoms with Gasteiger partial charge in [-0.25, -0.2) is 0 Å². The van der Waals surface area contributed by atoms with Crippen molar-refractivity contribution in [1.82, 2.24) is 24.6 Å². The summed E-state index contributed by atoms with van der Waals surface area (Å²) < 4.78 is 1.65. The Bertz CT molecular complexity index is 555. The van der Waals surface area contributed by atoms with E-state index in [1.165, 1.54) is 0 Å². The molecule has 0 aromatic carbocycles. The van der Waals surface area contributed by atoms with Gasteiger partial charge < -0.3 is 5.11 Å². The normalized spacial score (nSPS) is 10.9. The Morgan fingerprint density at radius 3 is 2.90 bits per heavy atom. The van der Waals surface area contributed by atoms with Crippen molar-refractivity contribution >= 4 is 5.97 Å². The van der Waals surface area contributed by atoms with Crippen LogP contribution in [-0.4, -0.2) is 42.8 Å². The quantitative estimate of drug-likeness (QED) is 0.804. The van der Waals surface area contributed by atoms with E-state index in [0.717, 1.165) is 17.8 Å². The van der Waals surface area contributed by atoms with Crippen LogP contribution >= 0.6 is 0 Å². The maximum Gasteiger partial charge on any atom is 0.305 e. The number of hydrogen-bond donors (Lipinski definition) is 1. The van der Waals surface area contributed by atoms with Gasteiger partial charge in [0, 0.05) is 43.4 Å². The van der Waals surface area contributed by atoms with Gasteiger partial charge in [-0.15, -0.1) is 0 Å². The lowest BCUT2D eigenvalue weighted by molar-refractivity contribution is -0.137. The van der Waals surface area contributed by atoms with Gasteiger partial charge in [0.1, 0.15) is 0 Å². The van der Waals surface area contributed by atoms with Crippen LogP contribution in [-0.2, 0) is 24.4 Å². The third kappa shape index (κ3) is 4.43. The Hall–Kier alpha value is -2.28. The number of aromatic nitrogens is 4. The predicted molar refractivity (Wildman–Crippen MR) is 71.7 cm³/mol. The molecule has 0 bridgehead atoms.